The summed E-state index contributed by atoms with van der Waals surface area (Å²) in [7, 11) is 0. The normalized spacial score (nSPS) is 5.36. The maximum absolute atomic E-state index is 9.00. The van der Waals surface area contributed by atoms with Gasteiger partial charge >= 0.3 is 0 Å². The Morgan fingerprint density at radius 2 is 0.714 bits per heavy atom. The molecule has 0 heterocycles. The molecule has 7 nitrogen and oxygen atoms in total. The van der Waals surface area contributed by atoms with Gasteiger partial charge < -0.3 is 20.8 Å². The van der Waals surface area contributed by atoms with E-state index >= 15 is 0 Å². The fraction of sp³-hybridized carbons (Fsp3) is 0.500. The first kappa shape index (κ1) is 29.2. The van der Waals surface area contributed by atoms with E-state index in [1.807, 2.05) is 0 Å². The second kappa shape index (κ2) is 22.8. The van der Waals surface area contributed by atoms with Crippen LogP contribution in [0, 0.1) is 0 Å². The van der Waals surface area contributed by atoms with Crippen LogP contribution in [0.25, 0.3) is 0 Å². The first-order valence-corrected chi connectivity index (χ1v) is 2.78. The van der Waals surface area contributed by atoms with Gasteiger partial charge in [0, 0.05) is 46.6 Å². The van der Waals surface area contributed by atoms with Gasteiger partial charge in [0.1, 0.15) is 0 Å². The summed E-state index contributed by atoms with van der Waals surface area (Å²) >= 11 is 0. The molecular weight excluding hydrogens is 299 g/mol. The number of carbonyl (C=O) groups is 3. The zero-order valence-electron chi connectivity index (χ0n) is 8.14. The Kier molecular flexibility index (Phi) is 47.5. The van der Waals surface area contributed by atoms with Crippen LogP contribution in [0.4, 0.5) is 0 Å². The molecule has 0 aromatic heterocycles. The molecule has 0 fully saturated rings. The molecule has 0 aliphatic heterocycles. The quantitative estimate of drug-likeness (QED) is 0.527. The molecule has 0 bridgehead atoms. The van der Waals surface area contributed by atoms with Crippen molar-refractivity contribution in [3.8, 4) is 0 Å². The zero-order chi connectivity index (χ0) is 10.7. The van der Waals surface area contributed by atoms with Crippen molar-refractivity contribution in [1.82, 2.24) is 0 Å². The SMILES string of the molecule is CC(=O)O.CC(=O)O.CC(=O)O.O.[In]. The number of carboxylic acids is 3. The van der Waals surface area contributed by atoms with E-state index in [-0.39, 0.29) is 31.3 Å². The third-order valence-corrected chi connectivity index (χ3v) is 0. The first-order chi connectivity index (χ1) is 5.20. The van der Waals surface area contributed by atoms with Crippen LogP contribution in [-0.2, 0) is 14.4 Å². The van der Waals surface area contributed by atoms with Crippen molar-refractivity contribution >= 4 is 43.8 Å². The number of rotatable bonds is 0. The number of aliphatic carboxylic acids is 3. The second-order valence-corrected chi connectivity index (χ2v) is 1.56. The van der Waals surface area contributed by atoms with Crippen molar-refractivity contribution in [2.75, 3.05) is 0 Å². The van der Waals surface area contributed by atoms with Gasteiger partial charge in [-0.15, -0.1) is 0 Å². The molecule has 3 radical (unpaired) electrons. The molecule has 5 N–H and O–H groups in total. The van der Waals surface area contributed by atoms with Crippen molar-refractivity contribution in [1.29, 1.82) is 0 Å². The Morgan fingerprint density at radius 1 is 0.714 bits per heavy atom. The van der Waals surface area contributed by atoms with Gasteiger partial charge in [-0.3, -0.25) is 14.4 Å². The van der Waals surface area contributed by atoms with Crippen LogP contribution in [0.3, 0.4) is 0 Å². The molecule has 83 valence electrons. The van der Waals surface area contributed by atoms with E-state index in [1.165, 1.54) is 0 Å². The van der Waals surface area contributed by atoms with E-state index in [0.29, 0.717) is 0 Å². The molecule has 0 rings (SSSR count). The Labute approximate surface area is 99.8 Å². The Bertz CT molecular complexity index is 116. The fourth-order valence-corrected chi connectivity index (χ4v) is 0. The summed E-state index contributed by atoms with van der Waals surface area (Å²) in [6.45, 7) is 3.25. The van der Waals surface area contributed by atoms with Crippen LogP contribution in [0.1, 0.15) is 20.8 Å². The van der Waals surface area contributed by atoms with E-state index in [9.17, 15) is 0 Å². The van der Waals surface area contributed by atoms with Crippen molar-refractivity contribution in [3.63, 3.8) is 0 Å². The fourth-order valence-electron chi connectivity index (χ4n) is 0. The molecule has 0 saturated heterocycles. The Balaban J connectivity index is -0.0000000270. The zero-order valence-corrected chi connectivity index (χ0v) is 11.4. The average Bonchev–Trinajstić information content (AvgIpc) is 1.54. The molecule has 14 heavy (non-hydrogen) atoms. The van der Waals surface area contributed by atoms with Crippen LogP contribution in [0.15, 0.2) is 0 Å². The predicted octanol–water partition coefficient (Wildman–Crippen LogP) is -0.933. The number of hydrogen-bond acceptors (Lipinski definition) is 3. The van der Waals surface area contributed by atoms with Gasteiger partial charge in [-0.25, -0.2) is 0 Å². The number of carboxylic acid groups (broad SMARTS) is 3. The van der Waals surface area contributed by atoms with Gasteiger partial charge in [-0.2, -0.15) is 0 Å². The van der Waals surface area contributed by atoms with E-state index in [2.05, 4.69) is 0 Å². The molecule has 0 aliphatic rings. The molecule has 8 heteroatoms. The molecule has 0 aliphatic carbocycles. The maximum Gasteiger partial charge on any atom is 0.300 e. The summed E-state index contributed by atoms with van der Waals surface area (Å²) in [5.41, 5.74) is 0. The van der Waals surface area contributed by atoms with Crippen LogP contribution < -0.4 is 0 Å². The van der Waals surface area contributed by atoms with Crippen molar-refractivity contribution in [2.24, 2.45) is 0 Å². The minimum Gasteiger partial charge on any atom is -0.481 e. The number of hydrogen-bond donors (Lipinski definition) is 3. The molecule has 0 saturated carbocycles. The van der Waals surface area contributed by atoms with Gasteiger partial charge in [-0.05, 0) is 0 Å². The third-order valence-electron chi connectivity index (χ3n) is 0. The molecule has 0 aromatic carbocycles. The van der Waals surface area contributed by atoms with Gasteiger partial charge in [0.25, 0.3) is 17.9 Å². The summed E-state index contributed by atoms with van der Waals surface area (Å²) in [6, 6.07) is 0. The molecule has 0 atom stereocenters. The largest absolute Gasteiger partial charge is 0.481 e. The third kappa shape index (κ3) is 2040. The van der Waals surface area contributed by atoms with Gasteiger partial charge in [0.05, 0.1) is 0 Å². The van der Waals surface area contributed by atoms with Gasteiger partial charge in [0.15, 0.2) is 0 Å². The van der Waals surface area contributed by atoms with E-state index in [4.69, 9.17) is 29.7 Å². The van der Waals surface area contributed by atoms with Gasteiger partial charge in [0.2, 0.25) is 0 Å². The monoisotopic (exact) mass is 313 g/mol. The molecule has 0 unspecified atom stereocenters. The maximum atomic E-state index is 9.00. The van der Waals surface area contributed by atoms with Crippen LogP contribution in [0.2, 0.25) is 0 Å². The van der Waals surface area contributed by atoms with E-state index in [1.54, 1.807) is 0 Å². The molecule has 0 spiro atoms. The second-order valence-electron chi connectivity index (χ2n) is 1.56. The van der Waals surface area contributed by atoms with E-state index in [0.717, 1.165) is 20.8 Å². The van der Waals surface area contributed by atoms with Crippen LogP contribution >= 0.6 is 0 Å². The topological polar surface area (TPSA) is 143 Å². The molecular formula is C6H14InO7. The summed E-state index contributed by atoms with van der Waals surface area (Å²) in [6.07, 6.45) is 0. The minimum atomic E-state index is -0.833. The summed E-state index contributed by atoms with van der Waals surface area (Å²) in [5.74, 6) is -2.50. The standard InChI is InChI=1S/3C2H4O2.In.H2O/c3*1-2(3)4;;/h3*1H3,(H,3,4);;1H2. The van der Waals surface area contributed by atoms with Crippen molar-refractivity contribution in [2.45, 2.75) is 20.8 Å². The van der Waals surface area contributed by atoms with E-state index < -0.39 is 17.9 Å². The summed E-state index contributed by atoms with van der Waals surface area (Å²) < 4.78 is 0. The molecule has 0 amide bonds. The minimum absolute atomic E-state index is 0. The van der Waals surface area contributed by atoms with Crippen molar-refractivity contribution < 1.29 is 35.2 Å². The van der Waals surface area contributed by atoms with Gasteiger partial charge in [-0.1, -0.05) is 0 Å². The summed E-state index contributed by atoms with van der Waals surface area (Å²) in [4.78, 5) is 27.0. The van der Waals surface area contributed by atoms with Crippen molar-refractivity contribution in [3.05, 3.63) is 0 Å². The smallest absolute Gasteiger partial charge is 0.300 e. The summed E-state index contributed by atoms with van der Waals surface area (Å²) in [5, 5.41) is 22.2. The molecule has 0 aromatic rings. The Morgan fingerprint density at radius 3 is 0.714 bits per heavy atom. The Hall–Kier alpha value is -0.760. The predicted molar refractivity (Wildman–Crippen MR) is 49.3 cm³/mol. The van der Waals surface area contributed by atoms with Crippen LogP contribution in [0.5, 0.6) is 0 Å². The van der Waals surface area contributed by atoms with Crippen LogP contribution in [-0.4, -0.2) is 64.5 Å². The average molecular weight is 313 g/mol. The first-order valence-electron chi connectivity index (χ1n) is 2.78.